The van der Waals surface area contributed by atoms with E-state index in [1.807, 2.05) is 11.8 Å². The van der Waals surface area contributed by atoms with Gasteiger partial charge in [-0.05, 0) is 52.0 Å². The van der Waals surface area contributed by atoms with E-state index in [1.54, 1.807) is 0 Å². The average Bonchev–Trinajstić information content (AvgIpc) is 2.50. The maximum atomic E-state index is 6.15. The maximum absolute atomic E-state index is 6.15. The van der Waals surface area contributed by atoms with Gasteiger partial charge in [-0.25, -0.2) is 0 Å². The lowest BCUT2D eigenvalue weighted by Gasteiger charge is -2.29. The summed E-state index contributed by atoms with van der Waals surface area (Å²) in [7, 11) is 0. The quantitative estimate of drug-likeness (QED) is 0.817. The van der Waals surface area contributed by atoms with E-state index in [9.17, 15) is 0 Å². The van der Waals surface area contributed by atoms with E-state index >= 15 is 0 Å². The van der Waals surface area contributed by atoms with Crippen molar-refractivity contribution in [1.29, 1.82) is 0 Å². The Morgan fingerprint density at radius 2 is 1.95 bits per heavy atom. The van der Waals surface area contributed by atoms with Gasteiger partial charge in [0, 0.05) is 10.6 Å². The molecule has 2 rings (SSSR count). The molecule has 1 aliphatic rings. The molecule has 1 fully saturated rings. The number of para-hydroxylation sites is 1. The van der Waals surface area contributed by atoms with Crippen LogP contribution in [0.5, 0.6) is 0 Å². The predicted molar refractivity (Wildman–Crippen MR) is 84.1 cm³/mol. The molecular weight excluding hydrogens is 254 g/mol. The molecule has 0 aliphatic carbocycles. The van der Waals surface area contributed by atoms with Crippen LogP contribution in [0.1, 0.15) is 41.0 Å². The van der Waals surface area contributed by atoms with E-state index in [0.29, 0.717) is 6.04 Å². The lowest BCUT2D eigenvalue weighted by molar-refractivity contribution is -0.0662. The number of hydrogen-bond acceptors (Lipinski definition) is 3. The Balaban J connectivity index is 2.17. The first-order valence-corrected chi connectivity index (χ1v) is 8.01. The lowest BCUT2D eigenvalue weighted by atomic mass is 9.94. The maximum Gasteiger partial charge on any atom is 0.0834 e. The van der Waals surface area contributed by atoms with Gasteiger partial charge in [0.2, 0.25) is 0 Å². The van der Waals surface area contributed by atoms with Crippen molar-refractivity contribution in [2.45, 2.75) is 63.2 Å². The van der Waals surface area contributed by atoms with Crippen LogP contribution in [0, 0.1) is 0 Å². The summed E-state index contributed by atoms with van der Waals surface area (Å²) < 4.78 is 6.15. The molecule has 0 bridgehead atoms. The Labute approximate surface area is 121 Å². The summed E-state index contributed by atoms with van der Waals surface area (Å²) in [4.78, 5) is 1.32. The van der Waals surface area contributed by atoms with Gasteiger partial charge >= 0.3 is 0 Å². The SMILES string of the molecule is CCSc1ccccc1NC1CC(C)(C)OC1(C)C. The van der Waals surface area contributed by atoms with Gasteiger partial charge in [0.1, 0.15) is 0 Å². The second-order valence-electron chi connectivity index (χ2n) is 6.30. The third-order valence-electron chi connectivity index (χ3n) is 3.59. The normalized spacial score (nSPS) is 24.4. The first-order chi connectivity index (χ1) is 8.84. The molecule has 1 saturated heterocycles. The highest BCUT2D eigenvalue weighted by Gasteiger charge is 2.45. The molecular formula is C16H25NOS. The van der Waals surface area contributed by atoms with Gasteiger partial charge in [0.05, 0.1) is 17.2 Å². The second-order valence-corrected chi connectivity index (χ2v) is 7.60. The van der Waals surface area contributed by atoms with E-state index in [1.165, 1.54) is 10.6 Å². The lowest BCUT2D eigenvalue weighted by Crippen LogP contribution is -2.38. The number of rotatable bonds is 4. The molecule has 106 valence electrons. The van der Waals surface area contributed by atoms with Crippen molar-refractivity contribution < 1.29 is 4.74 Å². The molecule has 0 saturated carbocycles. The van der Waals surface area contributed by atoms with Gasteiger partial charge in [-0.15, -0.1) is 11.8 Å². The fraction of sp³-hybridized carbons (Fsp3) is 0.625. The number of ether oxygens (including phenoxy) is 1. The monoisotopic (exact) mass is 279 g/mol. The molecule has 1 N–H and O–H groups in total. The molecule has 1 atom stereocenters. The fourth-order valence-corrected chi connectivity index (χ4v) is 3.61. The summed E-state index contributed by atoms with van der Waals surface area (Å²) in [6.45, 7) is 10.9. The van der Waals surface area contributed by atoms with E-state index < -0.39 is 0 Å². The first-order valence-electron chi connectivity index (χ1n) is 7.02. The average molecular weight is 279 g/mol. The van der Waals surface area contributed by atoms with Gasteiger partial charge in [-0.3, -0.25) is 0 Å². The second kappa shape index (κ2) is 5.37. The largest absolute Gasteiger partial charge is 0.378 e. The topological polar surface area (TPSA) is 21.3 Å². The van der Waals surface area contributed by atoms with Crippen molar-refractivity contribution in [3.63, 3.8) is 0 Å². The van der Waals surface area contributed by atoms with Crippen LogP contribution in [-0.2, 0) is 4.74 Å². The van der Waals surface area contributed by atoms with Crippen molar-refractivity contribution >= 4 is 17.4 Å². The summed E-state index contributed by atoms with van der Waals surface area (Å²) in [5.41, 5.74) is 1.05. The van der Waals surface area contributed by atoms with Crippen molar-refractivity contribution in [1.82, 2.24) is 0 Å². The molecule has 1 heterocycles. The summed E-state index contributed by atoms with van der Waals surface area (Å²) in [6.07, 6.45) is 1.03. The van der Waals surface area contributed by atoms with Crippen molar-refractivity contribution in [2.24, 2.45) is 0 Å². The van der Waals surface area contributed by atoms with E-state index in [2.05, 4.69) is 64.2 Å². The highest BCUT2D eigenvalue weighted by molar-refractivity contribution is 7.99. The van der Waals surface area contributed by atoms with Gasteiger partial charge in [0.15, 0.2) is 0 Å². The number of nitrogens with one attached hydrogen (secondary N) is 1. The predicted octanol–water partition coefficient (Wildman–Crippen LogP) is 4.56. The zero-order valence-corrected chi connectivity index (χ0v) is 13.4. The van der Waals surface area contributed by atoms with Gasteiger partial charge in [-0.2, -0.15) is 0 Å². The third kappa shape index (κ3) is 3.46. The number of benzene rings is 1. The summed E-state index contributed by atoms with van der Waals surface area (Å²) in [6, 6.07) is 8.89. The Morgan fingerprint density at radius 3 is 2.53 bits per heavy atom. The molecule has 1 aromatic carbocycles. The molecule has 0 radical (unpaired) electrons. The summed E-state index contributed by atoms with van der Waals surface area (Å²) in [5, 5.41) is 3.69. The Hall–Kier alpha value is -0.670. The van der Waals surface area contributed by atoms with Crippen LogP contribution in [0.2, 0.25) is 0 Å². The van der Waals surface area contributed by atoms with Crippen LogP contribution in [0.25, 0.3) is 0 Å². The minimum atomic E-state index is -0.131. The number of hydrogen-bond donors (Lipinski definition) is 1. The minimum Gasteiger partial charge on any atom is -0.378 e. The molecule has 1 aromatic rings. The Morgan fingerprint density at radius 1 is 1.26 bits per heavy atom. The van der Waals surface area contributed by atoms with Gasteiger partial charge < -0.3 is 10.1 Å². The minimum absolute atomic E-state index is 0.0476. The fourth-order valence-electron chi connectivity index (χ4n) is 2.84. The smallest absolute Gasteiger partial charge is 0.0834 e. The van der Waals surface area contributed by atoms with Gasteiger partial charge in [0.25, 0.3) is 0 Å². The highest BCUT2D eigenvalue weighted by Crippen LogP contribution is 2.40. The van der Waals surface area contributed by atoms with Crippen LogP contribution in [0.4, 0.5) is 5.69 Å². The Bertz CT molecular complexity index is 442. The van der Waals surface area contributed by atoms with Crippen LogP contribution in [0.15, 0.2) is 29.2 Å². The summed E-state index contributed by atoms with van der Waals surface area (Å²) >= 11 is 1.88. The molecule has 0 aromatic heterocycles. The van der Waals surface area contributed by atoms with E-state index in [-0.39, 0.29) is 11.2 Å². The van der Waals surface area contributed by atoms with Crippen LogP contribution in [-0.4, -0.2) is 23.0 Å². The van der Waals surface area contributed by atoms with E-state index in [0.717, 1.165) is 12.2 Å². The Kier molecular flexibility index (Phi) is 4.17. The van der Waals surface area contributed by atoms with Crippen LogP contribution < -0.4 is 5.32 Å². The molecule has 3 heteroatoms. The molecule has 0 spiro atoms. The number of thioether (sulfide) groups is 1. The first kappa shape index (κ1) is 14.7. The molecule has 1 unspecified atom stereocenters. The van der Waals surface area contributed by atoms with Crippen LogP contribution >= 0.6 is 11.8 Å². The van der Waals surface area contributed by atoms with Crippen molar-refractivity contribution in [3.8, 4) is 0 Å². The zero-order valence-electron chi connectivity index (χ0n) is 12.6. The van der Waals surface area contributed by atoms with Crippen molar-refractivity contribution in [3.05, 3.63) is 24.3 Å². The van der Waals surface area contributed by atoms with E-state index in [4.69, 9.17) is 4.74 Å². The molecule has 0 amide bonds. The summed E-state index contributed by atoms with van der Waals surface area (Å²) in [5.74, 6) is 1.09. The molecule has 1 aliphatic heterocycles. The van der Waals surface area contributed by atoms with Crippen molar-refractivity contribution in [2.75, 3.05) is 11.1 Å². The molecule has 2 nitrogen and oxygen atoms in total. The zero-order chi connectivity index (χ0) is 14.1. The molecule has 19 heavy (non-hydrogen) atoms. The highest BCUT2D eigenvalue weighted by atomic mass is 32.2. The number of anilines is 1. The third-order valence-corrected chi connectivity index (χ3v) is 4.55. The van der Waals surface area contributed by atoms with Gasteiger partial charge in [-0.1, -0.05) is 19.1 Å². The standard InChI is InChI=1S/C16H25NOS/c1-6-19-13-10-8-7-9-12(13)17-14-11-15(2,3)18-16(14,4)5/h7-10,14,17H,6,11H2,1-5H3. The van der Waals surface area contributed by atoms with Crippen LogP contribution in [0.3, 0.4) is 0 Å².